The van der Waals surface area contributed by atoms with Gasteiger partial charge >= 0.3 is 0 Å². The summed E-state index contributed by atoms with van der Waals surface area (Å²) in [4.78, 5) is 13.4. The summed E-state index contributed by atoms with van der Waals surface area (Å²) in [5, 5.41) is 9.37. The fourth-order valence-corrected chi connectivity index (χ4v) is 1.79. The Bertz CT molecular complexity index is 644. The Labute approximate surface area is 115 Å². The van der Waals surface area contributed by atoms with Gasteiger partial charge in [-0.2, -0.15) is 0 Å². The van der Waals surface area contributed by atoms with E-state index in [9.17, 15) is 18.7 Å². The number of amides is 1. The summed E-state index contributed by atoms with van der Waals surface area (Å²) in [6, 6.07) is 9.59. The summed E-state index contributed by atoms with van der Waals surface area (Å²) in [7, 11) is 1.55. The van der Waals surface area contributed by atoms with Crippen molar-refractivity contribution in [1.29, 1.82) is 0 Å². The number of phenolic OH excluding ortho intramolecular Hbond substituents is 1. The van der Waals surface area contributed by atoms with Crippen LogP contribution in [0.1, 0.15) is 5.56 Å². The first kappa shape index (κ1) is 14.0. The van der Waals surface area contributed by atoms with Gasteiger partial charge < -0.3 is 10.0 Å². The highest BCUT2D eigenvalue weighted by Crippen LogP contribution is 2.20. The predicted molar refractivity (Wildman–Crippen MR) is 71.6 cm³/mol. The number of hydrogen-bond donors (Lipinski definition) is 1. The average molecular weight is 277 g/mol. The van der Waals surface area contributed by atoms with Crippen LogP contribution in [-0.2, 0) is 11.2 Å². The first-order chi connectivity index (χ1) is 9.47. The second-order valence-electron chi connectivity index (χ2n) is 4.40. The van der Waals surface area contributed by atoms with E-state index in [1.807, 2.05) is 0 Å². The van der Waals surface area contributed by atoms with Crippen LogP contribution in [0.4, 0.5) is 14.5 Å². The molecule has 0 aliphatic heterocycles. The quantitative estimate of drug-likeness (QED) is 0.937. The number of aromatic hydroxyl groups is 1. The summed E-state index contributed by atoms with van der Waals surface area (Å²) in [6.45, 7) is 0. The number of likely N-dealkylation sites (N-methyl/N-ethyl adjacent to an activating group) is 1. The van der Waals surface area contributed by atoms with Crippen molar-refractivity contribution in [3.63, 3.8) is 0 Å². The smallest absolute Gasteiger partial charge is 0.231 e. The third kappa shape index (κ3) is 3.12. The molecule has 0 bridgehead atoms. The van der Waals surface area contributed by atoms with Crippen LogP contribution >= 0.6 is 0 Å². The van der Waals surface area contributed by atoms with Crippen LogP contribution in [-0.4, -0.2) is 18.1 Å². The molecule has 0 fully saturated rings. The molecule has 2 aromatic rings. The molecule has 0 aliphatic carbocycles. The maximum Gasteiger partial charge on any atom is 0.231 e. The molecule has 1 amide bonds. The maximum absolute atomic E-state index is 13.1. The van der Waals surface area contributed by atoms with Crippen molar-refractivity contribution < 1.29 is 18.7 Å². The van der Waals surface area contributed by atoms with Crippen LogP contribution in [0, 0.1) is 11.6 Å². The van der Waals surface area contributed by atoms with E-state index >= 15 is 0 Å². The molecule has 0 saturated heterocycles. The molecule has 20 heavy (non-hydrogen) atoms. The molecule has 0 saturated carbocycles. The molecule has 3 nitrogen and oxygen atoms in total. The number of nitrogens with zero attached hydrogens (tertiary/aromatic N) is 1. The molecular weight excluding hydrogens is 264 g/mol. The Morgan fingerprint density at radius 1 is 1.15 bits per heavy atom. The fraction of sp³-hybridized carbons (Fsp3) is 0.133. The number of anilines is 1. The third-order valence-corrected chi connectivity index (χ3v) is 2.93. The van der Waals surface area contributed by atoms with Gasteiger partial charge in [0, 0.05) is 18.8 Å². The van der Waals surface area contributed by atoms with Crippen molar-refractivity contribution in [3.05, 3.63) is 59.7 Å². The lowest BCUT2D eigenvalue weighted by molar-refractivity contribution is -0.117. The summed E-state index contributed by atoms with van der Waals surface area (Å²) < 4.78 is 25.9. The molecule has 5 heteroatoms. The summed E-state index contributed by atoms with van der Waals surface area (Å²) >= 11 is 0. The molecule has 0 atom stereocenters. The first-order valence-electron chi connectivity index (χ1n) is 5.97. The van der Waals surface area contributed by atoms with Crippen molar-refractivity contribution in [3.8, 4) is 5.75 Å². The number of benzene rings is 2. The van der Waals surface area contributed by atoms with Crippen LogP contribution in [0.15, 0.2) is 42.5 Å². The predicted octanol–water partition coefficient (Wildman–Crippen LogP) is 2.88. The number of carbonyl (C=O) groups is 1. The van der Waals surface area contributed by atoms with Crippen LogP contribution < -0.4 is 4.90 Å². The molecule has 0 radical (unpaired) electrons. The first-order valence-corrected chi connectivity index (χ1v) is 5.97. The van der Waals surface area contributed by atoms with Gasteiger partial charge in [-0.15, -0.1) is 0 Å². The monoisotopic (exact) mass is 277 g/mol. The summed E-state index contributed by atoms with van der Waals surface area (Å²) in [6.07, 6.45) is -0.0522. The topological polar surface area (TPSA) is 40.5 Å². The Kier molecular flexibility index (Phi) is 3.98. The Morgan fingerprint density at radius 2 is 1.90 bits per heavy atom. The molecule has 2 aromatic carbocycles. The van der Waals surface area contributed by atoms with Gasteiger partial charge in [0.15, 0.2) is 11.6 Å². The van der Waals surface area contributed by atoms with E-state index in [0.717, 1.165) is 12.1 Å². The number of halogens is 2. The molecule has 1 N–H and O–H groups in total. The molecule has 0 unspecified atom stereocenters. The van der Waals surface area contributed by atoms with Crippen molar-refractivity contribution in [2.75, 3.05) is 11.9 Å². The number of hydrogen-bond acceptors (Lipinski definition) is 2. The van der Waals surface area contributed by atoms with Crippen molar-refractivity contribution >= 4 is 11.6 Å². The molecule has 0 spiro atoms. The Morgan fingerprint density at radius 3 is 2.55 bits per heavy atom. The summed E-state index contributed by atoms with van der Waals surface area (Å²) in [5.41, 5.74) is 0.915. The van der Waals surface area contributed by atoms with Crippen molar-refractivity contribution in [2.45, 2.75) is 6.42 Å². The zero-order valence-electron chi connectivity index (χ0n) is 10.8. The van der Waals surface area contributed by atoms with Crippen molar-refractivity contribution in [2.24, 2.45) is 0 Å². The lowest BCUT2D eigenvalue weighted by atomic mass is 10.1. The Balaban J connectivity index is 2.13. The highest BCUT2D eigenvalue weighted by molar-refractivity contribution is 5.94. The highest BCUT2D eigenvalue weighted by Gasteiger charge is 2.13. The van der Waals surface area contributed by atoms with Crippen LogP contribution in [0.25, 0.3) is 0 Å². The van der Waals surface area contributed by atoms with Crippen LogP contribution in [0.5, 0.6) is 5.75 Å². The standard InChI is InChI=1S/C15H13F2NO2/c1-18(11-3-2-4-12(19)9-11)15(20)8-10-5-6-13(16)14(17)7-10/h2-7,9,19H,8H2,1H3. The third-order valence-electron chi connectivity index (χ3n) is 2.93. The van der Waals surface area contributed by atoms with Gasteiger partial charge in [0.1, 0.15) is 5.75 Å². The minimum atomic E-state index is -0.977. The average Bonchev–Trinajstić information content (AvgIpc) is 2.42. The van der Waals surface area contributed by atoms with E-state index in [4.69, 9.17) is 0 Å². The maximum atomic E-state index is 13.1. The van der Waals surface area contributed by atoms with Gasteiger partial charge in [-0.3, -0.25) is 4.79 Å². The van der Waals surface area contributed by atoms with E-state index in [-0.39, 0.29) is 18.1 Å². The van der Waals surface area contributed by atoms with E-state index < -0.39 is 11.6 Å². The van der Waals surface area contributed by atoms with Gasteiger partial charge in [-0.05, 0) is 29.8 Å². The molecule has 0 aliphatic rings. The van der Waals surface area contributed by atoms with Gasteiger partial charge in [0.25, 0.3) is 0 Å². The largest absolute Gasteiger partial charge is 0.508 e. The fourth-order valence-electron chi connectivity index (χ4n) is 1.79. The number of phenols is 1. The second-order valence-corrected chi connectivity index (χ2v) is 4.40. The molecule has 0 heterocycles. The van der Waals surface area contributed by atoms with E-state index in [1.165, 1.54) is 23.1 Å². The van der Waals surface area contributed by atoms with Gasteiger partial charge in [0.05, 0.1) is 6.42 Å². The SMILES string of the molecule is CN(C(=O)Cc1ccc(F)c(F)c1)c1cccc(O)c1. The lowest BCUT2D eigenvalue weighted by Gasteiger charge is -2.17. The van der Waals surface area contributed by atoms with E-state index in [2.05, 4.69) is 0 Å². The number of rotatable bonds is 3. The van der Waals surface area contributed by atoms with E-state index in [0.29, 0.717) is 11.3 Å². The minimum absolute atomic E-state index is 0.0509. The zero-order chi connectivity index (χ0) is 14.7. The molecule has 104 valence electrons. The zero-order valence-corrected chi connectivity index (χ0v) is 10.8. The number of carbonyl (C=O) groups excluding carboxylic acids is 1. The van der Waals surface area contributed by atoms with Crippen LogP contribution in [0.2, 0.25) is 0 Å². The molecule has 2 rings (SSSR count). The van der Waals surface area contributed by atoms with Gasteiger partial charge in [0.2, 0.25) is 5.91 Å². The van der Waals surface area contributed by atoms with Crippen molar-refractivity contribution in [1.82, 2.24) is 0 Å². The minimum Gasteiger partial charge on any atom is -0.508 e. The normalized spacial score (nSPS) is 10.3. The lowest BCUT2D eigenvalue weighted by Crippen LogP contribution is -2.27. The van der Waals surface area contributed by atoms with Crippen LogP contribution in [0.3, 0.4) is 0 Å². The highest BCUT2D eigenvalue weighted by atomic mass is 19.2. The van der Waals surface area contributed by atoms with E-state index in [1.54, 1.807) is 19.2 Å². The molecular formula is C15H13F2NO2. The molecule has 0 aromatic heterocycles. The van der Waals surface area contributed by atoms with Gasteiger partial charge in [-0.1, -0.05) is 12.1 Å². The Hall–Kier alpha value is -2.43. The summed E-state index contributed by atoms with van der Waals surface area (Å²) in [5.74, 6) is -2.16. The second kappa shape index (κ2) is 5.69. The van der Waals surface area contributed by atoms with Gasteiger partial charge in [-0.25, -0.2) is 8.78 Å².